The average molecular weight is 409 g/mol. The van der Waals surface area contributed by atoms with Crippen LogP contribution in [-0.2, 0) is 10.0 Å². The Morgan fingerprint density at radius 3 is 2.48 bits per heavy atom. The van der Waals surface area contributed by atoms with Gasteiger partial charge in [0.05, 0.1) is 16.6 Å². The second-order valence-electron chi connectivity index (χ2n) is 5.89. The van der Waals surface area contributed by atoms with Crippen molar-refractivity contribution in [3.05, 3.63) is 49.2 Å². The number of sulfonamides is 1. The lowest BCUT2D eigenvalue weighted by atomic mass is 10.1. The third-order valence-corrected chi connectivity index (χ3v) is 7.72. The summed E-state index contributed by atoms with van der Waals surface area (Å²) in [5, 5.41) is 20.2. The van der Waals surface area contributed by atoms with Crippen LogP contribution < -0.4 is 9.77 Å². The van der Waals surface area contributed by atoms with Gasteiger partial charge in [-0.3, -0.25) is 14.9 Å². The molecule has 0 unspecified atom stereocenters. The Hall–Kier alpha value is -2.75. The molecule has 0 saturated carbocycles. The molecule has 0 amide bonds. The van der Waals surface area contributed by atoms with Gasteiger partial charge in [-0.15, -0.1) is 0 Å². The molecule has 1 aromatic heterocycles. The summed E-state index contributed by atoms with van der Waals surface area (Å²) in [7, 11) is -3.80. The number of H-pyrrole nitrogens is 1. The van der Waals surface area contributed by atoms with Gasteiger partial charge in [-0.25, -0.2) is 8.42 Å². The van der Waals surface area contributed by atoms with E-state index in [1.165, 1.54) is 29.4 Å². The number of hydrogen-bond acceptors (Lipinski definition) is 8. The molecule has 1 saturated heterocycles. The number of nitro groups is 1. The molecule has 1 N–H and O–H groups in total. The van der Waals surface area contributed by atoms with E-state index in [-0.39, 0.29) is 41.6 Å². The Morgan fingerprint density at radius 1 is 1.30 bits per heavy atom. The molecule has 1 fully saturated rings. The highest BCUT2D eigenvalue weighted by Crippen LogP contribution is 2.31. The quantitative estimate of drug-likeness (QED) is 0.587. The van der Waals surface area contributed by atoms with Crippen LogP contribution in [0.25, 0.3) is 0 Å². The van der Waals surface area contributed by atoms with Gasteiger partial charge in [-0.05, 0) is 19.1 Å². The number of nitrogens with zero attached hydrogens (tertiary/aromatic N) is 4. The summed E-state index contributed by atoms with van der Waals surface area (Å²) in [6.07, 6.45) is 0. The second-order valence-corrected chi connectivity index (χ2v) is 9.01. The van der Waals surface area contributed by atoms with Crippen molar-refractivity contribution in [1.29, 1.82) is 5.26 Å². The third-order valence-electron chi connectivity index (χ3n) is 4.24. The fourth-order valence-corrected chi connectivity index (χ4v) is 5.79. The van der Waals surface area contributed by atoms with E-state index in [1.54, 1.807) is 4.90 Å². The summed E-state index contributed by atoms with van der Waals surface area (Å²) >= 11 is 0.648. The average Bonchev–Trinajstić information content (AvgIpc) is 3.00. The molecule has 0 spiro atoms. The standard InChI is InChI=1S/C15H15N5O5S2/c1-10-14(26-15(21)17-10)27(24,25)19-6-4-18(5-7-19)12-3-2-11(9-16)8-13(12)20(22)23/h2-3,8H,4-7H2,1H3,(H,17,21). The number of rotatable bonds is 4. The van der Waals surface area contributed by atoms with Gasteiger partial charge in [0, 0.05) is 37.9 Å². The zero-order valence-electron chi connectivity index (χ0n) is 14.2. The molecular weight excluding hydrogens is 394 g/mol. The first-order valence-corrected chi connectivity index (χ1v) is 10.1. The highest BCUT2D eigenvalue weighted by atomic mass is 32.2. The summed E-state index contributed by atoms with van der Waals surface area (Å²) in [4.78, 5) is 25.9. The van der Waals surface area contributed by atoms with E-state index in [4.69, 9.17) is 5.26 Å². The Bertz CT molecular complexity index is 1090. The number of aryl methyl sites for hydroxylation is 1. The molecule has 0 aliphatic carbocycles. The van der Waals surface area contributed by atoms with Gasteiger partial charge in [0.25, 0.3) is 15.7 Å². The number of thiazole rings is 1. The molecule has 1 aliphatic heterocycles. The maximum Gasteiger partial charge on any atom is 0.305 e. The van der Waals surface area contributed by atoms with Gasteiger partial charge >= 0.3 is 4.87 Å². The lowest BCUT2D eigenvalue weighted by Crippen LogP contribution is -2.48. The summed E-state index contributed by atoms with van der Waals surface area (Å²) in [6.45, 7) is 2.30. The topological polar surface area (TPSA) is 140 Å². The van der Waals surface area contributed by atoms with Crippen LogP contribution >= 0.6 is 11.3 Å². The Kier molecular flexibility index (Phi) is 5.01. The van der Waals surface area contributed by atoms with E-state index < -0.39 is 19.8 Å². The van der Waals surface area contributed by atoms with E-state index >= 15 is 0 Å². The van der Waals surface area contributed by atoms with E-state index in [2.05, 4.69) is 4.98 Å². The predicted octanol–water partition coefficient (Wildman–Crippen LogP) is 1.04. The van der Waals surface area contributed by atoms with E-state index in [1.807, 2.05) is 6.07 Å². The van der Waals surface area contributed by atoms with Crippen molar-refractivity contribution in [2.24, 2.45) is 0 Å². The van der Waals surface area contributed by atoms with Crippen molar-refractivity contribution in [2.45, 2.75) is 11.1 Å². The van der Waals surface area contributed by atoms with E-state index in [0.29, 0.717) is 22.7 Å². The zero-order valence-corrected chi connectivity index (χ0v) is 15.8. The van der Waals surface area contributed by atoms with Gasteiger partial charge < -0.3 is 9.88 Å². The van der Waals surface area contributed by atoms with Crippen molar-refractivity contribution in [3.63, 3.8) is 0 Å². The van der Waals surface area contributed by atoms with Crippen molar-refractivity contribution in [2.75, 3.05) is 31.1 Å². The van der Waals surface area contributed by atoms with Crippen molar-refractivity contribution < 1.29 is 13.3 Å². The lowest BCUT2D eigenvalue weighted by molar-refractivity contribution is -0.384. The second kappa shape index (κ2) is 7.10. The number of nitrogens with one attached hydrogen (secondary N) is 1. The number of piperazine rings is 1. The monoisotopic (exact) mass is 409 g/mol. The van der Waals surface area contributed by atoms with Gasteiger partial charge in [-0.2, -0.15) is 9.57 Å². The minimum atomic E-state index is -3.80. The largest absolute Gasteiger partial charge is 0.363 e. The van der Waals surface area contributed by atoms with Crippen LogP contribution in [0.4, 0.5) is 11.4 Å². The van der Waals surface area contributed by atoms with Gasteiger partial charge in [0.2, 0.25) is 0 Å². The molecule has 10 nitrogen and oxygen atoms in total. The van der Waals surface area contributed by atoms with Crippen LogP contribution in [0.1, 0.15) is 11.3 Å². The minimum absolute atomic E-state index is 0.00898. The number of anilines is 1. The molecule has 0 radical (unpaired) electrons. The Labute approximate surface area is 158 Å². The summed E-state index contributed by atoms with van der Waals surface area (Å²) in [5.41, 5.74) is 0.642. The minimum Gasteiger partial charge on any atom is -0.363 e. The van der Waals surface area contributed by atoms with Crippen LogP contribution in [0, 0.1) is 28.4 Å². The zero-order chi connectivity index (χ0) is 19.8. The molecule has 12 heteroatoms. The van der Waals surface area contributed by atoms with Crippen LogP contribution in [0.2, 0.25) is 0 Å². The van der Waals surface area contributed by atoms with Crippen LogP contribution in [-0.4, -0.2) is 48.8 Å². The smallest absolute Gasteiger partial charge is 0.305 e. The molecule has 27 heavy (non-hydrogen) atoms. The molecule has 0 bridgehead atoms. The third kappa shape index (κ3) is 3.57. The van der Waals surface area contributed by atoms with E-state index in [0.717, 1.165) is 0 Å². The lowest BCUT2D eigenvalue weighted by Gasteiger charge is -2.34. The first-order valence-electron chi connectivity index (χ1n) is 7.87. The first-order chi connectivity index (χ1) is 12.7. The molecule has 142 valence electrons. The number of benzene rings is 1. The Balaban J connectivity index is 1.82. The maximum absolute atomic E-state index is 12.7. The number of nitriles is 1. The molecular formula is C15H15N5O5S2. The first kappa shape index (κ1) is 19.0. The highest BCUT2D eigenvalue weighted by molar-refractivity contribution is 7.91. The molecule has 2 aromatic rings. The summed E-state index contributed by atoms with van der Waals surface area (Å²) in [5.74, 6) is 0. The number of aromatic amines is 1. The SMILES string of the molecule is Cc1[nH]c(=O)sc1S(=O)(=O)N1CCN(c2ccc(C#N)cc2[N+](=O)[O-])CC1. The highest BCUT2D eigenvalue weighted by Gasteiger charge is 2.33. The van der Waals surface area contributed by atoms with Crippen LogP contribution in [0.15, 0.2) is 27.2 Å². The van der Waals surface area contributed by atoms with Crippen molar-refractivity contribution in [3.8, 4) is 6.07 Å². The van der Waals surface area contributed by atoms with Crippen molar-refractivity contribution in [1.82, 2.24) is 9.29 Å². The fraction of sp³-hybridized carbons (Fsp3) is 0.333. The number of hydrogen-bond donors (Lipinski definition) is 1. The molecule has 2 heterocycles. The van der Waals surface area contributed by atoms with E-state index in [9.17, 15) is 23.3 Å². The van der Waals surface area contributed by atoms with Crippen molar-refractivity contribution >= 4 is 32.7 Å². The van der Waals surface area contributed by atoms with Gasteiger partial charge in [0.1, 0.15) is 5.69 Å². The molecule has 1 aliphatic rings. The molecule has 0 atom stereocenters. The predicted molar refractivity (Wildman–Crippen MR) is 98.5 cm³/mol. The number of aromatic nitrogens is 1. The Morgan fingerprint density at radius 2 is 1.96 bits per heavy atom. The van der Waals surface area contributed by atoms with Gasteiger partial charge in [0.15, 0.2) is 4.21 Å². The van der Waals surface area contributed by atoms with Crippen LogP contribution in [0.3, 0.4) is 0 Å². The molecule has 3 rings (SSSR count). The maximum atomic E-state index is 12.7. The molecule has 1 aromatic carbocycles. The number of nitro benzene ring substituents is 1. The normalized spacial score (nSPS) is 15.5. The fourth-order valence-electron chi connectivity index (χ4n) is 2.93. The van der Waals surface area contributed by atoms with Crippen LogP contribution in [0.5, 0.6) is 0 Å². The van der Waals surface area contributed by atoms with Gasteiger partial charge in [-0.1, -0.05) is 11.3 Å². The summed E-state index contributed by atoms with van der Waals surface area (Å²) < 4.78 is 26.7. The summed E-state index contributed by atoms with van der Waals surface area (Å²) in [6, 6.07) is 6.07.